The molecule has 0 aromatic heterocycles. The topological polar surface area (TPSA) is 21.3 Å². The molecule has 0 atom stereocenters. The van der Waals surface area contributed by atoms with Gasteiger partial charge < -0.3 is 10.1 Å². The van der Waals surface area contributed by atoms with E-state index in [0.29, 0.717) is 12.6 Å². The quantitative estimate of drug-likeness (QED) is 0.821. The number of halogens is 3. The molecule has 0 saturated heterocycles. The van der Waals surface area contributed by atoms with E-state index >= 15 is 0 Å². The molecule has 0 spiro atoms. The van der Waals surface area contributed by atoms with Gasteiger partial charge in [-0.2, -0.15) is 13.2 Å². The van der Waals surface area contributed by atoms with Crippen molar-refractivity contribution in [3.63, 3.8) is 0 Å². The molecule has 1 aromatic carbocycles. The molecule has 1 aromatic rings. The summed E-state index contributed by atoms with van der Waals surface area (Å²) in [5.41, 5.74) is -0.712. The number of para-hydroxylation sites is 1. The van der Waals surface area contributed by atoms with Gasteiger partial charge in [0.25, 0.3) is 0 Å². The summed E-state index contributed by atoms with van der Waals surface area (Å²) in [4.78, 5) is 0. The van der Waals surface area contributed by atoms with Gasteiger partial charge in [0.2, 0.25) is 0 Å². The lowest BCUT2D eigenvalue weighted by Crippen LogP contribution is -2.35. The lowest BCUT2D eigenvalue weighted by Gasteiger charge is -2.27. The van der Waals surface area contributed by atoms with Crippen molar-refractivity contribution in [3.8, 4) is 5.75 Å². The zero-order chi connectivity index (χ0) is 15.3. The number of hydrogen-bond donors (Lipinski definition) is 1. The highest BCUT2D eigenvalue weighted by atomic mass is 19.4. The summed E-state index contributed by atoms with van der Waals surface area (Å²) in [7, 11) is 0. The molecule has 1 fully saturated rings. The van der Waals surface area contributed by atoms with Crippen LogP contribution in [0.1, 0.15) is 38.2 Å². The van der Waals surface area contributed by atoms with E-state index in [2.05, 4.69) is 12.2 Å². The summed E-state index contributed by atoms with van der Waals surface area (Å²) < 4.78 is 43.7. The second kappa shape index (κ2) is 7.16. The van der Waals surface area contributed by atoms with Gasteiger partial charge in [0, 0.05) is 12.6 Å². The Hall–Kier alpha value is -1.23. The van der Waals surface area contributed by atoms with Crippen molar-refractivity contribution >= 4 is 0 Å². The number of nitrogens with one attached hydrogen (secondary N) is 1. The van der Waals surface area contributed by atoms with Crippen LogP contribution in [0.25, 0.3) is 0 Å². The Morgan fingerprint density at radius 2 is 1.81 bits per heavy atom. The zero-order valence-electron chi connectivity index (χ0n) is 12.2. The minimum atomic E-state index is -4.37. The van der Waals surface area contributed by atoms with Crippen molar-refractivity contribution < 1.29 is 17.9 Å². The van der Waals surface area contributed by atoms with E-state index in [4.69, 9.17) is 4.74 Å². The van der Waals surface area contributed by atoms with Crippen molar-refractivity contribution in [1.82, 2.24) is 5.32 Å². The standard InChI is InChI=1S/C16H22F3NO/c1-12-6-8-13(9-7-12)20-10-11-21-15-5-3-2-4-14(15)16(17,18)19/h2-5,12-13,20H,6-11H2,1H3. The largest absolute Gasteiger partial charge is 0.492 e. The van der Waals surface area contributed by atoms with E-state index < -0.39 is 11.7 Å². The highest BCUT2D eigenvalue weighted by Gasteiger charge is 2.33. The molecule has 21 heavy (non-hydrogen) atoms. The van der Waals surface area contributed by atoms with Crippen molar-refractivity contribution in [2.24, 2.45) is 5.92 Å². The van der Waals surface area contributed by atoms with Crippen LogP contribution in [0.3, 0.4) is 0 Å². The summed E-state index contributed by atoms with van der Waals surface area (Å²) in [5, 5.41) is 3.36. The number of hydrogen-bond acceptors (Lipinski definition) is 2. The van der Waals surface area contributed by atoms with Gasteiger partial charge in [-0.3, -0.25) is 0 Å². The Labute approximate surface area is 123 Å². The van der Waals surface area contributed by atoms with Crippen LogP contribution in [0.5, 0.6) is 5.75 Å². The number of rotatable bonds is 5. The normalized spacial score (nSPS) is 23.0. The molecule has 0 bridgehead atoms. The first-order valence-electron chi connectivity index (χ1n) is 7.49. The molecule has 1 saturated carbocycles. The average Bonchev–Trinajstić information content (AvgIpc) is 2.45. The first kappa shape index (κ1) is 16.1. The third-order valence-corrected chi connectivity index (χ3v) is 4.00. The number of alkyl halides is 3. The van der Waals surface area contributed by atoms with Crippen LogP contribution < -0.4 is 10.1 Å². The van der Waals surface area contributed by atoms with Gasteiger partial charge in [-0.05, 0) is 43.7 Å². The van der Waals surface area contributed by atoms with Gasteiger partial charge in [0.05, 0.1) is 5.56 Å². The lowest BCUT2D eigenvalue weighted by molar-refractivity contribution is -0.138. The van der Waals surface area contributed by atoms with E-state index in [-0.39, 0.29) is 12.4 Å². The Kier molecular flexibility index (Phi) is 5.51. The van der Waals surface area contributed by atoms with Crippen molar-refractivity contribution in [2.45, 2.75) is 44.8 Å². The lowest BCUT2D eigenvalue weighted by atomic mass is 9.87. The van der Waals surface area contributed by atoms with Gasteiger partial charge in [-0.15, -0.1) is 0 Å². The molecule has 0 unspecified atom stereocenters. The fourth-order valence-corrected chi connectivity index (χ4v) is 2.71. The van der Waals surface area contributed by atoms with E-state index in [1.165, 1.54) is 25.0 Å². The van der Waals surface area contributed by atoms with E-state index in [0.717, 1.165) is 24.8 Å². The first-order valence-corrected chi connectivity index (χ1v) is 7.49. The third kappa shape index (κ3) is 4.92. The van der Waals surface area contributed by atoms with Crippen molar-refractivity contribution in [1.29, 1.82) is 0 Å². The third-order valence-electron chi connectivity index (χ3n) is 4.00. The summed E-state index contributed by atoms with van der Waals surface area (Å²) in [6.45, 7) is 3.08. The fourth-order valence-electron chi connectivity index (χ4n) is 2.71. The van der Waals surface area contributed by atoms with Crippen LogP contribution in [-0.4, -0.2) is 19.2 Å². The van der Waals surface area contributed by atoms with Crippen LogP contribution >= 0.6 is 0 Å². The second-order valence-corrected chi connectivity index (χ2v) is 5.75. The Morgan fingerprint density at radius 1 is 1.14 bits per heavy atom. The molecular formula is C16H22F3NO. The predicted octanol–water partition coefficient (Wildman–Crippen LogP) is 4.25. The maximum atomic E-state index is 12.8. The molecule has 0 amide bonds. The molecular weight excluding hydrogens is 279 g/mol. The van der Waals surface area contributed by atoms with Crippen molar-refractivity contribution in [3.05, 3.63) is 29.8 Å². The smallest absolute Gasteiger partial charge is 0.419 e. The van der Waals surface area contributed by atoms with Crippen LogP contribution in [0.4, 0.5) is 13.2 Å². The minimum Gasteiger partial charge on any atom is -0.492 e. The molecule has 118 valence electrons. The zero-order valence-corrected chi connectivity index (χ0v) is 12.2. The van der Waals surface area contributed by atoms with Crippen LogP contribution in [0, 0.1) is 5.92 Å². The summed E-state index contributed by atoms with van der Waals surface area (Å²) in [5.74, 6) is 0.696. The Balaban J connectivity index is 1.76. The van der Waals surface area contributed by atoms with E-state index in [9.17, 15) is 13.2 Å². The summed E-state index contributed by atoms with van der Waals surface area (Å²) >= 11 is 0. The highest BCUT2D eigenvalue weighted by molar-refractivity contribution is 5.35. The Morgan fingerprint density at radius 3 is 2.48 bits per heavy atom. The number of ether oxygens (including phenoxy) is 1. The fraction of sp³-hybridized carbons (Fsp3) is 0.625. The first-order chi connectivity index (χ1) is 9.97. The van der Waals surface area contributed by atoms with E-state index in [1.807, 2.05) is 0 Å². The molecule has 1 aliphatic carbocycles. The van der Waals surface area contributed by atoms with Crippen molar-refractivity contribution in [2.75, 3.05) is 13.2 Å². The van der Waals surface area contributed by atoms with Gasteiger partial charge in [0.1, 0.15) is 12.4 Å². The molecule has 0 heterocycles. The molecule has 1 aliphatic rings. The average molecular weight is 301 g/mol. The maximum Gasteiger partial charge on any atom is 0.419 e. The Bertz CT molecular complexity index is 439. The van der Waals surface area contributed by atoms with Gasteiger partial charge in [0.15, 0.2) is 0 Å². The molecule has 2 rings (SSSR count). The van der Waals surface area contributed by atoms with Gasteiger partial charge in [-0.1, -0.05) is 19.1 Å². The monoisotopic (exact) mass is 301 g/mol. The SMILES string of the molecule is CC1CCC(NCCOc2ccccc2C(F)(F)F)CC1. The van der Waals surface area contributed by atoms with Gasteiger partial charge in [-0.25, -0.2) is 0 Å². The van der Waals surface area contributed by atoms with Crippen LogP contribution in [0.15, 0.2) is 24.3 Å². The maximum absolute atomic E-state index is 12.8. The molecule has 5 heteroatoms. The summed E-state index contributed by atoms with van der Waals surface area (Å²) in [6.07, 6.45) is 0.342. The van der Waals surface area contributed by atoms with E-state index in [1.54, 1.807) is 6.07 Å². The molecule has 1 N–H and O–H groups in total. The van der Waals surface area contributed by atoms with Crippen LogP contribution in [-0.2, 0) is 6.18 Å². The highest BCUT2D eigenvalue weighted by Crippen LogP contribution is 2.35. The second-order valence-electron chi connectivity index (χ2n) is 5.75. The summed E-state index contributed by atoms with van der Waals surface area (Å²) in [6, 6.07) is 5.82. The molecule has 0 aliphatic heterocycles. The molecule has 2 nitrogen and oxygen atoms in total. The van der Waals surface area contributed by atoms with Crippen LogP contribution in [0.2, 0.25) is 0 Å². The number of benzene rings is 1. The minimum absolute atomic E-state index is 0.0935. The predicted molar refractivity (Wildman–Crippen MR) is 76.4 cm³/mol. The molecule has 0 radical (unpaired) electrons. The van der Waals surface area contributed by atoms with Gasteiger partial charge >= 0.3 is 6.18 Å².